The molecule has 1 aromatic heterocycles. The Balaban J connectivity index is 1.43. The summed E-state index contributed by atoms with van der Waals surface area (Å²) in [5.41, 5.74) is 0.792. The predicted octanol–water partition coefficient (Wildman–Crippen LogP) is 1.69. The monoisotopic (exact) mass is 326 g/mol. The van der Waals surface area contributed by atoms with Gasteiger partial charge < -0.3 is 20.6 Å². The Morgan fingerprint density at radius 3 is 2.79 bits per heavy atom. The zero-order valence-electron chi connectivity index (χ0n) is 13.4. The van der Waals surface area contributed by atoms with Gasteiger partial charge in [-0.3, -0.25) is 0 Å². The van der Waals surface area contributed by atoms with E-state index in [0.717, 1.165) is 30.9 Å². The van der Waals surface area contributed by atoms with Crippen molar-refractivity contribution in [3.05, 3.63) is 60.3 Å². The third kappa shape index (κ3) is 4.23. The maximum atomic E-state index is 12.0. The average Bonchev–Trinajstić information content (AvgIpc) is 3.09. The van der Waals surface area contributed by atoms with Crippen molar-refractivity contribution in [2.24, 2.45) is 0 Å². The predicted molar refractivity (Wildman–Crippen MR) is 92.8 cm³/mol. The molecule has 6 nitrogen and oxygen atoms in total. The van der Waals surface area contributed by atoms with Crippen LogP contribution in [0.1, 0.15) is 18.1 Å². The van der Waals surface area contributed by atoms with Gasteiger partial charge in [0.25, 0.3) is 0 Å². The van der Waals surface area contributed by atoms with Crippen LogP contribution in [0, 0.1) is 0 Å². The van der Waals surface area contributed by atoms with Crippen molar-refractivity contribution in [2.75, 3.05) is 24.5 Å². The smallest absolute Gasteiger partial charge is 0.315 e. The van der Waals surface area contributed by atoms with Crippen LogP contribution >= 0.6 is 0 Å². The Hall–Kier alpha value is -2.60. The summed E-state index contributed by atoms with van der Waals surface area (Å²) in [6.45, 7) is 1.80. The molecular formula is C18H22N4O2. The summed E-state index contributed by atoms with van der Waals surface area (Å²) < 4.78 is 0. The van der Waals surface area contributed by atoms with E-state index in [0.29, 0.717) is 0 Å². The normalized spacial score (nSPS) is 18.2. The van der Waals surface area contributed by atoms with Gasteiger partial charge in [0.2, 0.25) is 0 Å². The molecule has 3 rings (SSSR count). The molecule has 2 unspecified atom stereocenters. The zero-order valence-corrected chi connectivity index (χ0v) is 13.4. The summed E-state index contributed by atoms with van der Waals surface area (Å²) in [6, 6.07) is 15.0. The zero-order chi connectivity index (χ0) is 16.8. The summed E-state index contributed by atoms with van der Waals surface area (Å²) in [4.78, 5) is 18.5. The van der Waals surface area contributed by atoms with Crippen molar-refractivity contribution in [2.45, 2.75) is 18.6 Å². The fourth-order valence-electron chi connectivity index (χ4n) is 2.85. The number of urea groups is 1. The number of aliphatic hydroxyl groups excluding tert-OH is 1. The highest BCUT2D eigenvalue weighted by molar-refractivity contribution is 5.74. The number of aliphatic hydroxyl groups is 1. The summed E-state index contributed by atoms with van der Waals surface area (Å²) >= 11 is 0. The van der Waals surface area contributed by atoms with Gasteiger partial charge in [0.15, 0.2) is 0 Å². The fraction of sp³-hybridized carbons (Fsp3) is 0.333. The molecule has 2 atom stereocenters. The van der Waals surface area contributed by atoms with E-state index in [-0.39, 0.29) is 18.6 Å². The number of rotatable bonds is 5. The van der Waals surface area contributed by atoms with Gasteiger partial charge in [0.05, 0.1) is 6.10 Å². The van der Waals surface area contributed by atoms with E-state index in [1.54, 1.807) is 6.20 Å². The number of hydrogen-bond acceptors (Lipinski definition) is 4. The fourth-order valence-corrected chi connectivity index (χ4v) is 2.85. The van der Waals surface area contributed by atoms with Crippen LogP contribution in [0.3, 0.4) is 0 Å². The molecule has 1 aliphatic heterocycles. The number of anilines is 1. The van der Waals surface area contributed by atoms with Crippen molar-refractivity contribution in [1.82, 2.24) is 15.6 Å². The molecule has 1 aliphatic rings. The first-order chi connectivity index (χ1) is 11.7. The van der Waals surface area contributed by atoms with Crippen LogP contribution < -0.4 is 15.5 Å². The van der Waals surface area contributed by atoms with E-state index < -0.39 is 6.10 Å². The Bertz CT molecular complexity index is 651. The lowest BCUT2D eigenvalue weighted by molar-refractivity contribution is 0.172. The quantitative estimate of drug-likeness (QED) is 0.781. The molecule has 0 saturated carbocycles. The van der Waals surface area contributed by atoms with Gasteiger partial charge in [-0.1, -0.05) is 36.4 Å². The summed E-state index contributed by atoms with van der Waals surface area (Å²) in [5.74, 6) is 0.932. The molecule has 1 aromatic carbocycles. The number of carbonyl (C=O) groups excluding carboxylic acids is 1. The third-order valence-corrected chi connectivity index (χ3v) is 4.14. The summed E-state index contributed by atoms with van der Waals surface area (Å²) in [5, 5.41) is 15.7. The van der Waals surface area contributed by atoms with E-state index in [4.69, 9.17) is 0 Å². The number of benzene rings is 1. The van der Waals surface area contributed by atoms with Crippen LogP contribution in [0.5, 0.6) is 0 Å². The molecule has 0 radical (unpaired) electrons. The van der Waals surface area contributed by atoms with Crippen molar-refractivity contribution >= 4 is 11.8 Å². The third-order valence-electron chi connectivity index (χ3n) is 4.14. The molecule has 0 spiro atoms. The minimum atomic E-state index is -0.703. The van der Waals surface area contributed by atoms with Crippen LogP contribution in [0.25, 0.3) is 0 Å². The Kier molecular flexibility index (Phi) is 5.28. The Morgan fingerprint density at radius 2 is 2.04 bits per heavy atom. The minimum Gasteiger partial charge on any atom is -0.387 e. The highest BCUT2D eigenvalue weighted by Crippen LogP contribution is 2.17. The van der Waals surface area contributed by atoms with E-state index in [1.165, 1.54) is 0 Å². The number of pyridine rings is 1. The summed E-state index contributed by atoms with van der Waals surface area (Å²) in [7, 11) is 0. The molecule has 2 heterocycles. The Morgan fingerprint density at radius 1 is 1.25 bits per heavy atom. The van der Waals surface area contributed by atoms with E-state index >= 15 is 0 Å². The van der Waals surface area contributed by atoms with Gasteiger partial charge in [0.1, 0.15) is 5.82 Å². The SMILES string of the molecule is O=C(NCC(O)c1ccccc1)NC1CCN(c2ccccn2)C1. The van der Waals surface area contributed by atoms with Gasteiger partial charge in [-0.2, -0.15) is 0 Å². The van der Waals surface area contributed by atoms with Gasteiger partial charge in [-0.25, -0.2) is 9.78 Å². The standard InChI is InChI=1S/C18H22N4O2/c23-16(14-6-2-1-3-7-14)12-20-18(24)21-15-9-11-22(13-15)17-8-4-5-10-19-17/h1-8,10,15-16,23H,9,11-13H2,(H2,20,21,24). The van der Waals surface area contributed by atoms with Crippen molar-refractivity contribution in [1.29, 1.82) is 0 Å². The maximum absolute atomic E-state index is 12.0. The second kappa shape index (κ2) is 7.79. The molecule has 2 amide bonds. The lowest BCUT2D eigenvalue weighted by atomic mass is 10.1. The molecule has 0 bridgehead atoms. The first-order valence-corrected chi connectivity index (χ1v) is 8.16. The topological polar surface area (TPSA) is 77.5 Å². The minimum absolute atomic E-state index is 0.0841. The highest BCUT2D eigenvalue weighted by atomic mass is 16.3. The lowest BCUT2D eigenvalue weighted by Gasteiger charge is -2.18. The summed E-state index contributed by atoms with van der Waals surface area (Å²) in [6.07, 6.45) is 1.95. The average molecular weight is 326 g/mol. The van der Waals surface area contributed by atoms with Crippen molar-refractivity contribution < 1.29 is 9.90 Å². The number of aromatic nitrogens is 1. The first kappa shape index (κ1) is 16.3. The van der Waals surface area contributed by atoms with Gasteiger partial charge >= 0.3 is 6.03 Å². The molecule has 1 saturated heterocycles. The highest BCUT2D eigenvalue weighted by Gasteiger charge is 2.24. The molecule has 2 aromatic rings. The van der Waals surface area contributed by atoms with Crippen LogP contribution in [0.2, 0.25) is 0 Å². The van der Waals surface area contributed by atoms with Crippen LogP contribution in [-0.4, -0.2) is 41.8 Å². The van der Waals surface area contributed by atoms with Crippen LogP contribution in [-0.2, 0) is 0 Å². The molecule has 1 fully saturated rings. The largest absolute Gasteiger partial charge is 0.387 e. The lowest BCUT2D eigenvalue weighted by Crippen LogP contribution is -2.44. The van der Waals surface area contributed by atoms with Crippen LogP contribution in [0.15, 0.2) is 54.7 Å². The van der Waals surface area contributed by atoms with E-state index in [1.807, 2.05) is 48.5 Å². The number of nitrogens with zero attached hydrogens (tertiary/aromatic N) is 2. The molecule has 0 aliphatic carbocycles. The molecule has 126 valence electrons. The van der Waals surface area contributed by atoms with Gasteiger partial charge in [-0.05, 0) is 24.1 Å². The van der Waals surface area contributed by atoms with Crippen molar-refractivity contribution in [3.63, 3.8) is 0 Å². The molecule has 24 heavy (non-hydrogen) atoms. The molecular weight excluding hydrogens is 304 g/mol. The molecule has 3 N–H and O–H groups in total. The maximum Gasteiger partial charge on any atom is 0.315 e. The van der Waals surface area contributed by atoms with E-state index in [9.17, 15) is 9.90 Å². The first-order valence-electron chi connectivity index (χ1n) is 8.16. The van der Waals surface area contributed by atoms with Gasteiger partial charge in [0, 0.05) is 31.9 Å². The molecule has 6 heteroatoms. The van der Waals surface area contributed by atoms with Crippen molar-refractivity contribution in [3.8, 4) is 0 Å². The number of nitrogens with one attached hydrogen (secondary N) is 2. The van der Waals surface area contributed by atoms with Gasteiger partial charge in [-0.15, -0.1) is 0 Å². The number of amides is 2. The number of carbonyl (C=O) groups is 1. The van der Waals surface area contributed by atoms with Crippen LogP contribution in [0.4, 0.5) is 10.6 Å². The Labute approximate surface area is 141 Å². The second-order valence-corrected chi connectivity index (χ2v) is 5.90. The second-order valence-electron chi connectivity index (χ2n) is 5.90. The van der Waals surface area contributed by atoms with E-state index in [2.05, 4.69) is 20.5 Å². The number of hydrogen-bond donors (Lipinski definition) is 3.